The van der Waals surface area contributed by atoms with E-state index >= 15 is 0 Å². The normalized spacial score (nSPS) is 22.3. The van der Waals surface area contributed by atoms with Crippen LogP contribution in [0.3, 0.4) is 0 Å². The zero-order valence-corrected chi connectivity index (χ0v) is 17.0. The van der Waals surface area contributed by atoms with Gasteiger partial charge in [-0.25, -0.2) is 0 Å². The molecule has 26 heavy (non-hydrogen) atoms. The number of hydrogen-bond acceptors (Lipinski definition) is 3. The minimum atomic E-state index is -0.443. The summed E-state index contributed by atoms with van der Waals surface area (Å²) in [5.41, 5.74) is 6.99. The summed E-state index contributed by atoms with van der Waals surface area (Å²) in [6, 6.07) is 8.49. The maximum atomic E-state index is 6.53. The molecule has 0 bridgehead atoms. The molecule has 0 saturated carbocycles. The van der Waals surface area contributed by atoms with Crippen LogP contribution in [-0.4, -0.2) is 24.2 Å². The van der Waals surface area contributed by atoms with Gasteiger partial charge in [0.2, 0.25) is 0 Å². The van der Waals surface area contributed by atoms with Gasteiger partial charge in [0.05, 0.1) is 5.71 Å². The highest BCUT2D eigenvalue weighted by molar-refractivity contribution is 6.37. The number of benzene rings is 2. The average Bonchev–Trinajstić information content (AvgIpc) is 3.02. The fourth-order valence-electron chi connectivity index (χ4n) is 4.40. The standard InChI is InChI=1S/C21H22Cl2N2O/c1-12-18(13(2)20(23)14(3)19(12)22)17-9-21(26-24-17)11-25(4)10-15-7-5-6-8-16(15)21/h5-8H,9-11H2,1-4H3. The highest BCUT2D eigenvalue weighted by Crippen LogP contribution is 2.44. The minimum absolute atomic E-state index is 0.443. The smallest absolute Gasteiger partial charge is 0.181 e. The van der Waals surface area contributed by atoms with E-state index in [0.29, 0.717) is 16.5 Å². The van der Waals surface area contributed by atoms with Crippen LogP contribution in [0.1, 0.15) is 39.8 Å². The summed E-state index contributed by atoms with van der Waals surface area (Å²) in [4.78, 5) is 8.41. The van der Waals surface area contributed by atoms with Gasteiger partial charge in [0.25, 0.3) is 0 Å². The van der Waals surface area contributed by atoms with E-state index in [1.165, 1.54) is 11.1 Å². The summed E-state index contributed by atoms with van der Waals surface area (Å²) in [5.74, 6) is 0. The lowest BCUT2D eigenvalue weighted by molar-refractivity contribution is -0.0540. The van der Waals surface area contributed by atoms with Crippen LogP contribution in [-0.2, 0) is 17.0 Å². The first kappa shape index (κ1) is 17.8. The van der Waals surface area contributed by atoms with E-state index in [1.807, 2.05) is 20.8 Å². The van der Waals surface area contributed by atoms with Gasteiger partial charge in [-0.15, -0.1) is 0 Å². The van der Waals surface area contributed by atoms with Crippen molar-refractivity contribution in [2.24, 2.45) is 5.16 Å². The second-order valence-corrected chi connectivity index (χ2v) is 8.26. The minimum Gasteiger partial charge on any atom is -0.382 e. The maximum Gasteiger partial charge on any atom is 0.181 e. The Morgan fingerprint density at radius 2 is 1.69 bits per heavy atom. The summed E-state index contributed by atoms with van der Waals surface area (Å²) in [7, 11) is 2.12. The maximum absolute atomic E-state index is 6.53. The van der Waals surface area contributed by atoms with Gasteiger partial charge >= 0.3 is 0 Å². The molecule has 0 aromatic heterocycles. The van der Waals surface area contributed by atoms with Gasteiger partial charge in [-0.1, -0.05) is 52.6 Å². The van der Waals surface area contributed by atoms with Gasteiger partial charge in [-0.05, 0) is 50.1 Å². The molecule has 2 aromatic rings. The van der Waals surface area contributed by atoms with Gasteiger partial charge in [0.15, 0.2) is 5.60 Å². The number of likely N-dealkylation sites (N-methyl/N-ethyl adjacent to an activating group) is 1. The number of hydrogen-bond donors (Lipinski definition) is 0. The fourth-order valence-corrected chi connectivity index (χ4v) is 4.83. The summed E-state index contributed by atoms with van der Waals surface area (Å²) < 4.78 is 0. The molecule has 0 radical (unpaired) electrons. The van der Waals surface area contributed by atoms with Crippen molar-refractivity contribution >= 4 is 28.9 Å². The van der Waals surface area contributed by atoms with Crippen LogP contribution in [0, 0.1) is 20.8 Å². The first-order valence-electron chi connectivity index (χ1n) is 8.81. The van der Waals surface area contributed by atoms with Crippen molar-refractivity contribution in [2.45, 2.75) is 39.3 Å². The SMILES string of the molecule is Cc1c(Cl)c(C)c(C2=NOC3(C2)CN(C)Cc2ccccc23)c(C)c1Cl. The molecule has 0 fully saturated rings. The molecule has 2 aliphatic rings. The number of fused-ring (bicyclic) bond motifs is 2. The molecule has 2 aromatic carbocycles. The second-order valence-electron chi connectivity index (χ2n) is 7.51. The van der Waals surface area contributed by atoms with Crippen LogP contribution in [0.4, 0.5) is 0 Å². The van der Waals surface area contributed by atoms with Crippen LogP contribution in [0.25, 0.3) is 0 Å². The quantitative estimate of drug-likeness (QED) is 0.654. The Bertz CT molecular complexity index is 909. The molecule has 0 aliphatic carbocycles. The lowest BCUT2D eigenvalue weighted by Gasteiger charge is -2.38. The van der Waals surface area contributed by atoms with Crippen molar-refractivity contribution < 1.29 is 4.84 Å². The molecule has 2 heterocycles. The van der Waals surface area contributed by atoms with Crippen molar-refractivity contribution in [2.75, 3.05) is 13.6 Å². The zero-order valence-electron chi connectivity index (χ0n) is 15.5. The third-order valence-electron chi connectivity index (χ3n) is 5.61. The summed E-state index contributed by atoms with van der Waals surface area (Å²) >= 11 is 13.1. The highest BCUT2D eigenvalue weighted by atomic mass is 35.5. The Morgan fingerprint density at radius 3 is 2.38 bits per heavy atom. The van der Waals surface area contributed by atoms with Gasteiger partial charge in [-0.3, -0.25) is 4.90 Å². The molecule has 5 heteroatoms. The average molecular weight is 389 g/mol. The first-order valence-corrected chi connectivity index (χ1v) is 9.57. The van der Waals surface area contributed by atoms with E-state index in [1.54, 1.807) is 0 Å². The number of rotatable bonds is 1. The van der Waals surface area contributed by atoms with E-state index in [-0.39, 0.29) is 0 Å². The zero-order chi connectivity index (χ0) is 18.6. The molecule has 0 saturated heterocycles. The van der Waals surface area contributed by atoms with Crippen molar-refractivity contribution in [3.63, 3.8) is 0 Å². The molecule has 0 N–H and O–H groups in total. The molecule has 0 amide bonds. The molecule has 1 atom stereocenters. The van der Waals surface area contributed by atoms with Gasteiger partial charge in [0, 0.05) is 40.7 Å². The second kappa shape index (κ2) is 6.26. The Kier molecular flexibility index (Phi) is 4.30. The van der Waals surface area contributed by atoms with Crippen LogP contribution < -0.4 is 0 Å². The van der Waals surface area contributed by atoms with Crippen LogP contribution in [0.15, 0.2) is 29.4 Å². The van der Waals surface area contributed by atoms with Gasteiger partial charge in [0.1, 0.15) is 0 Å². The van der Waals surface area contributed by atoms with Crippen molar-refractivity contribution in [1.29, 1.82) is 0 Å². The molecular weight excluding hydrogens is 367 g/mol. The van der Waals surface area contributed by atoms with Crippen LogP contribution in [0.5, 0.6) is 0 Å². The first-order chi connectivity index (χ1) is 12.3. The third-order valence-corrected chi connectivity index (χ3v) is 6.75. The Balaban J connectivity index is 1.79. The largest absolute Gasteiger partial charge is 0.382 e. The molecule has 4 rings (SSSR count). The van der Waals surface area contributed by atoms with Gasteiger partial charge in [-0.2, -0.15) is 0 Å². The Hall–Kier alpha value is -1.55. The molecule has 2 aliphatic heterocycles. The summed E-state index contributed by atoms with van der Waals surface area (Å²) in [6.45, 7) is 7.75. The lowest BCUT2D eigenvalue weighted by Crippen LogP contribution is -2.44. The summed E-state index contributed by atoms with van der Waals surface area (Å²) in [5, 5.41) is 5.94. The Labute approximate surface area is 164 Å². The highest BCUT2D eigenvalue weighted by Gasteiger charge is 2.46. The number of halogens is 2. The molecular formula is C21H22Cl2N2O. The monoisotopic (exact) mass is 388 g/mol. The van der Waals surface area contributed by atoms with Crippen LogP contribution >= 0.6 is 23.2 Å². The molecule has 1 unspecified atom stereocenters. The molecule has 136 valence electrons. The predicted molar refractivity (Wildman–Crippen MR) is 107 cm³/mol. The van der Waals surface area contributed by atoms with E-state index in [2.05, 4.69) is 41.4 Å². The van der Waals surface area contributed by atoms with Crippen molar-refractivity contribution in [1.82, 2.24) is 4.90 Å². The van der Waals surface area contributed by atoms with Crippen molar-refractivity contribution in [3.05, 3.63) is 67.7 Å². The van der Waals surface area contributed by atoms with E-state index < -0.39 is 5.60 Å². The fraction of sp³-hybridized carbons (Fsp3) is 0.381. The third kappa shape index (κ3) is 2.57. The van der Waals surface area contributed by atoms with E-state index in [9.17, 15) is 0 Å². The molecule has 1 spiro atoms. The summed E-state index contributed by atoms with van der Waals surface area (Å²) in [6.07, 6.45) is 0.714. The van der Waals surface area contributed by atoms with Crippen molar-refractivity contribution in [3.8, 4) is 0 Å². The predicted octanol–water partition coefficient (Wildman–Crippen LogP) is 5.38. The topological polar surface area (TPSA) is 24.8 Å². The Morgan fingerprint density at radius 1 is 1.04 bits per heavy atom. The van der Waals surface area contributed by atoms with E-state index in [4.69, 9.17) is 28.0 Å². The number of oxime groups is 1. The van der Waals surface area contributed by atoms with Crippen LogP contribution in [0.2, 0.25) is 10.0 Å². The van der Waals surface area contributed by atoms with Gasteiger partial charge < -0.3 is 4.84 Å². The number of nitrogens with zero attached hydrogens (tertiary/aromatic N) is 2. The van der Waals surface area contributed by atoms with E-state index in [0.717, 1.165) is 41.1 Å². The lowest BCUT2D eigenvalue weighted by atomic mass is 9.80. The molecule has 3 nitrogen and oxygen atoms in total.